The van der Waals surface area contributed by atoms with E-state index >= 15 is 0 Å². The first kappa shape index (κ1) is 16.9. The molecule has 0 saturated carbocycles. The second kappa shape index (κ2) is 6.76. The van der Waals surface area contributed by atoms with Crippen LogP contribution in [0.3, 0.4) is 0 Å². The Labute approximate surface area is 130 Å². The van der Waals surface area contributed by atoms with Crippen LogP contribution < -0.4 is 11.2 Å². The van der Waals surface area contributed by atoms with Gasteiger partial charge in [0.1, 0.15) is 18.4 Å². The molecule has 1 fully saturated rings. The Kier molecular flexibility index (Phi) is 5.20. The summed E-state index contributed by atoms with van der Waals surface area (Å²) < 4.78 is 7.31. The van der Waals surface area contributed by atoms with Gasteiger partial charge in [-0.25, -0.2) is 4.79 Å². The van der Waals surface area contributed by atoms with Crippen LogP contribution in [0.1, 0.15) is 12.6 Å². The van der Waals surface area contributed by atoms with E-state index in [9.17, 15) is 19.8 Å². The summed E-state index contributed by atoms with van der Waals surface area (Å²) in [6, 6.07) is 1.15. The number of hydrogen-bond donors (Lipinski definition) is 3. The average Bonchev–Trinajstić information content (AvgIpc) is 2.83. The standard InChI is InChI=1S/C13H17ClN2O6/c1-7(14)9(19)5-16-11(20)2-3-15(13(16)21)12-4-8(18)10(6-17)22-12/h2-3,8-10,12,17-19H,1,4-6H2/t8-,9?,10+,12+/m0/s1. The van der Waals surface area contributed by atoms with Gasteiger partial charge in [0.15, 0.2) is 0 Å². The molecule has 1 aliphatic rings. The molecule has 0 spiro atoms. The van der Waals surface area contributed by atoms with Gasteiger partial charge in [-0.15, -0.1) is 0 Å². The lowest BCUT2D eigenvalue weighted by atomic mass is 10.2. The Morgan fingerprint density at radius 1 is 1.55 bits per heavy atom. The van der Waals surface area contributed by atoms with Gasteiger partial charge in [-0.1, -0.05) is 18.2 Å². The van der Waals surface area contributed by atoms with Crippen LogP contribution in [0.4, 0.5) is 0 Å². The zero-order chi connectivity index (χ0) is 16.4. The number of halogens is 1. The third kappa shape index (κ3) is 3.31. The minimum atomic E-state index is -1.25. The molecule has 9 heteroatoms. The number of aliphatic hydroxyl groups excluding tert-OH is 3. The highest BCUT2D eigenvalue weighted by Gasteiger charge is 2.35. The molecule has 3 N–H and O–H groups in total. The second-order valence-corrected chi connectivity index (χ2v) is 5.52. The van der Waals surface area contributed by atoms with E-state index < -0.39 is 35.8 Å². The third-order valence-corrected chi connectivity index (χ3v) is 3.76. The average molecular weight is 333 g/mol. The van der Waals surface area contributed by atoms with Crippen molar-refractivity contribution in [1.29, 1.82) is 0 Å². The van der Waals surface area contributed by atoms with Gasteiger partial charge in [-0.2, -0.15) is 0 Å². The topological polar surface area (TPSA) is 114 Å². The Morgan fingerprint density at radius 3 is 2.77 bits per heavy atom. The van der Waals surface area contributed by atoms with E-state index in [2.05, 4.69) is 6.58 Å². The lowest BCUT2D eigenvalue weighted by Crippen LogP contribution is -2.42. The first-order chi connectivity index (χ1) is 10.3. The van der Waals surface area contributed by atoms with Gasteiger partial charge in [-0.05, 0) is 0 Å². The van der Waals surface area contributed by atoms with Crippen molar-refractivity contribution in [2.75, 3.05) is 6.61 Å². The molecule has 1 unspecified atom stereocenters. The smallest absolute Gasteiger partial charge is 0.333 e. The largest absolute Gasteiger partial charge is 0.394 e. The zero-order valence-electron chi connectivity index (χ0n) is 11.6. The number of aromatic nitrogens is 2. The van der Waals surface area contributed by atoms with Crippen LogP contribution in [0, 0.1) is 0 Å². The Morgan fingerprint density at radius 2 is 2.23 bits per heavy atom. The van der Waals surface area contributed by atoms with Crippen molar-refractivity contribution in [2.45, 2.75) is 37.5 Å². The summed E-state index contributed by atoms with van der Waals surface area (Å²) in [5, 5.41) is 28.4. The van der Waals surface area contributed by atoms with Crippen LogP contribution in [0.5, 0.6) is 0 Å². The summed E-state index contributed by atoms with van der Waals surface area (Å²) in [4.78, 5) is 24.1. The molecule has 1 saturated heterocycles. The van der Waals surface area contributed by atoms with Crippen molar-refractivity contribution in [3.8, 4) is 0 Å². The van der Waals surface area contributed by atoms with Crippen molar-refractivity contribution in [3.63, 3.8) is 0 Å². The third-order valence-electron chi connectivity index (χ3n) is 3.51. The summed E-state index contributed by atoms with van der Waals surface area (Å²) >= 11 is 5.55. The molecule has 122 valence electrons. The van der Waals surface area contributed by atoms with Crippen molar-refractivity contribution >= 4 is 11.6 Å². The second-order valence-electron chi connectivity index (χ2n) is 5.03. The summed E-state index contributed by atoms with van der Waals surface area (Å²) in [5.41, 5.74) is -1.31. The van der Waals surface area contributed by atoms with Gasteiger partial charge < -0.3 is 20.1 Å². The highest BCUT2D eigenvalue weighted by molar-refractivity contribution is 6.29. The molecule has 0 aromatic carbocycles. The van der Waals surface area contributed by atoms with E-state index in [0.717, 1.165) is 15.2 Å². The molecule has 8 nitrogen and oxygen atoms in total. The molecule has 0 amide bonds. The maximum Gasteiger partial charge on any atom is 0.333 e. The molecule has 4 atom stereocenters. The summed E-state index contributed by atoms with van der Waals surface area (Å²) in [6.45, 7) is 2.64. The molecule has 22 heavy (non-hydrogen) atoms. The molecule has 2 heterocycles. The van der Waals surface area contributed by atoms with Gasteiger partial charge in [-0.3, -0.25) is 13.9 Å². The van der Waals surface area contributed by atoms with Crippen LogP contribution in [-0.4, -0.2) is 49.4 Å². The van der Waals surface area contributed by atoms with Crippen molar-refractivity contribution in [2.24, 2.45) is 0 Å². The number of ether oxygens (including phenoxy) is 1. The zero-order valence-corrected chi connectivity index (χ0v) is 12.4. The Balaban J connectivity index is 2.34. The first-order valence-corrected chi connectivity index (χ1v) is 7.01. The molecule has 1 aromatic heterocycles. The Hall–Kier alpha value is -1.45. The fourth-order valence-corrected chi connectivity index (χ4v) is 2.31. The Bertz CT molecular complexity index is 669. The first-order valence-electron chi connectivity index (χ1n) is 6.64. The van der Waals surface area contributed by atoms with E-state index in [-0.39, 0.29) is 24.6 Å². The van der Waals surface area contributed by atoms with Gasteiger partial charge in [0.05, 0.1) is 19.3 Å². The summed E-state index contributed by atoms with van der Waals surface area (Å²) in [7, 11) is 0. The molecule has 0 radical (unpaired) electrons. The quantitative estimate of drug-likeness (QED) is 0.622. The fourth-order valence-electron chi connectivity index (χ4n) is 2.24. The minimum absolute atomic E-state index is 0.0883. The molecule has 1 aromatic rings. The SMILES string of the molecule is C=C(Cl)C(O)Cn1c(=O)ccn([C@H]2C[C@H](O)[C@@H](CO)O2)c1=O. The maximum absolute atomic E-state index is 12.4. The van der Waals surface area contributed by atoms with Crippen LogP contribution >= 0.6 is 11.6 Å². The van der Waals surface area contributed by atoms with E-state index in [1.54, 1.807) is 0 Å². The molecule has 0 bridgehead atoms. The molecule has 0 aliphatic carbocycles. The number of hydrogen-bond acceptors (Lipinski definition) is 6. The highest BCUT2D eigenvalue weighted by atomic mass is 35.5. The van der Waals surface area contributed by atoms with Gasteiger partial charge in [0, 0.05) is 23.7 Å². The predicted octanol–water partition coefficient (Wildman–Crippen LogP) is -1.24. The van der Waals surface area contributed by atoms with Gasteiger partial charge in [0.25, 0.3) is 5.56 Å². The van der Waals surface area contributed by atoms with E-state index in [1.165, 1.54) is 6.20 Å². The van der Waals surface area contributed by atoms with Crippen LogP contribution in [0.25, 0.3) is 0 Å². The minimum Gasteiger partial charge on any atom is -0.394 e. The normalized spacial score (nSPS) is 26.1. The molecular formula is C13H17ClN2O6. The van der Waals surface area contributed by atoms with Crippen molar-refractivity contribution < 1.29 is 20.1 Å². The summed E-state index contributed by atoms with van der Waals surface area (Å²) in [5.74, 6) is 0. The lowest BCUT2D eigenvalue weighted by molar-refractivity contribution is -0.0464. The van der Waals surface area contributed by atoms with E-state index in [0.29, 0.717) is 0 Å². The predicted molar refractivity (Wildman–Crippen MR) is 77.6 cm³/mol. The fraction of sp³-hybridized carbons (Fsp3) is 0.538. The number of nitrogens with zero attached hydrogens (tertiary/aromatic N) is 2. The number of aliphatic hydroxyl groups is 3. The lowest BCUT2D eigenvalue weighted by Gasteiger charge is -2.17. The highest BCUT2D eigenvalue weighted by Crippen LogP contribution is 2.27. The van der Waals surface area contributed by atoms with Crippen molar-refractivity contribution in [1.82, 2.24) is 9.13 Å². The van der Waals surface area contributed by atoms with Gasteiger partial charge >= 0.3 is 5.69 Å². The van der Waals surface area contributed by atoms with E-state index in [4.69, 9.17) is 21.4 Å². The van der Waals surface area contributed by atoms with E-state index in [1.807, 2.05) is 0 Å². The van der Waals surface area contributed by atoms with Crippen LogP contribution in [0.2, 0.25) is 0 Å². The molecule has 2 rings (SSSR count). The summed E-state index contributed by atoms with van der Waals surface area (Å²) in [6.07, 6.45) is -2.39. The monoisotopic (exact) mass is 332 g/mol. The van der Waals surface area contributed by atoms with Gasteiger partial charge in [0.2, 0.25) is 0 Å². The molecule has 1 aliphatic heterocycles. The molecular weight excluding hydrogens is 316 g/mol. The van der Waals surface area contributed by atoms with Crippen molar-refractivity contribution in [3.05, 3.63) is 44.7 Å². The van der Waals surface area contributed by atoms with Crippen LogP contribution in [-0.2, 0) is 11.3 Å². The van der Waals surface area contributed by atoms with Crippen LogP contribution in [0.15, 0.2) is 33.5 Å². The maximum atomic E-state index is 12.4. The number of rotatable bonds is 5.